The van der Waals surface area contributed by atoms with E-state index in [-0.39, 0.29) is 0 Å². The number of rotatable bonds is 9. The van der Waals surface area contributed by atoms with Gasteiger partial charge in [-0.3, -0.25) is 9.67 Å². The second-order valence-electron chi connectivity index (χ2n) is 7.42. The van der Waals surface area contributed by atoms with Crippen LogP contribution in [0.4, 0.5) is 0 Å². The van der Waals surface area contributed by atoms with Gasteiger partial charge in [-0.1, -0.05) is 25.1 Å². The Balaban J connectivity index is 1.66. The number of para-hydroxylation sites is 2. The van der Waals surface area contributed by atoms with E-state index in [0.29, 0.717) is 43.0 Å². The number of guanidine groups is 1. The molecule has 0 aliphatic heterocycles. The predicted molar refractivity (Wildman–Crippen MR) is 126 cm³/mol. The SMILES string of the molecule is CCCOc1ccccc1Oc1ncccc1CNC(=NC)NCc1c(C)nn(C)c1C. The van der Waals surface area contributed by atoms with E-state index in [1.165, 1.54) is 5.56 Å². The number of aromatic nitrogens is 3. The molecule has 8 heteroatoms. The topological polar surface area (TPSA) is 85.6 Å². The standard InChI is InChI=1S/C24H32N6O2/c1-6-14-31-21-11-7-8-12-22(21)32-23-19(10-9-13-26-23)15-27-24(25-4)28-16-20-17(2)29-30(5)18(20)3/h7-13H,6,14-16H2,1-5H3,(H2,25,27,28). The number of hydrogen-bond donors (Lipinski definition) is 2. The summed E-state index contributed by atoms with van der Waals surface area (Å²) in [4.78, 5) is 8.76. The zero-order valence-corrected chi connectivity index (χ0v) is 19.5. The van der Waals surface area contributed by atoms with Gasteiger partial charge in [0.25, 0.3) is 0 Å². The van der Waals surface area contributed by atoms with Gasteiger partial charge in [0.1, 0.15) is 0 Å². The average Bonchev–Trinajstić information content (AvgIpc) is 3.05. The summed E-state index contributed by atoms with van der Waals surface area (Å²) in [6.45, 7) is 7.93. The number of ether oxygens (including phenoxy) is 2. The molecule has 0 fully saturated rings. The van der Waals surface area contributed by atoms with Gasteiger partial charge in [0.2, 0.25) is 5.88 Å². The Labute approximate surface area is 189 Å². The molecular formula is C24H32N6O2. The molecule has 3 aromatic rings. The minimum Gasteiger partial charge on any atom is -0.490 e. The Hall–Kier alpha value is -3.55. The van der Waals surface area contributed by atoms with E-state index in [9.17, 15) is 0 Å². The fourth-order valence-electron chi connectivity index (χ4n) is 3.27. The molecule has 0 radical (unpaired) electrons. The Morgan fingerprint density at radius 3 is 2.50 bits per heavy atom. The minimum atomic E-state index is 0.506. The molecule has 3 rings (SSSR count). The molecule has 0 aliphatic carbocycles. The first-order chi connectivity index (χ1) is 15.5. The molecule has 0 saturated heterocycles. The summed E-state index contributed by atoms with van der Waals surface area (Å²) in [6.07, 6.45) is 2.65. The van der Waals surface area contributed by atoms with Crippen LogP contribution in [0.1, 0.15) is 35.9 Å². The smallest absolute Gasteiger partial charge is 0.224 e. The van der Waals surface area contributed by atoms with Gasteiger partial charge in [-0.25, -0.2) is 4.98 Å². The fraction of sp³-hybridized carbons (Fsp3) is 0.375. The third kappa shape index (κ3) is 5.78. The van der Waals surface area contributed by atoms with Gasteiger partial charge >= 0.3 is 0 Å². The quantitative estimate of drug-likeness (QED) is 0.391. The lowest BCUT2D eigenvalue weighted by atomic mass is 10.2. The molecule has 0 spiro atoms. The summed E-state index contributed by atoms with van der Waals surface area (Å²) in [7, 11) is 3.70. The molecule has 8 nitrogen and oxygen atoms in total. The van der Waals surface area contributed by atoms with Crippen LogP contribution in [-0.4, -0.2) is 34.4 Å². The van der Waals surface area contributed by atoms with Gasteiger partial charge in [-0.15, -0.1) is 0 Å². The van der Waals surface area contributed by atoms with Crippen LogP contribution in [0.3, 0.4) is 0 Å². The Morgan fingerprint density at radius 2 is 1.81 bits per heavy atom. The highest BCUT2D eigenvalue weighted by molar-refractivity contribution is 5.79. The monoisotopic (exact) mass is 436 g/mol. The number of benzene rings is 1. The van der Waals surface area contributed by atoms with E-state index < -0.39 is 0 Å². The number of aryl methyl sites for hydroxylation is 2. The molecule has 2 heterocycles. The summed E-state index contributed by atoms with van der Waals surface area (Å²) in [5, 5.41) is 11.2. The normalized spacial score (nSPS) is 11.3. The third-order valence-electron chi connectivity index (χ3n) is 5.13. The van der Waals surface area contributed by atoms with Crippen molar-refractivity contribution in [3.63, 3.8) is 0 Å². The zero-order valence-electron chi connectivity index (χ0n) is 19.5. The van der Waals surface area contributed by atoms with Crippen LogP contribution in [0, 0.1) is 13.8 Å². The maximum absolute atomic E-state index is 6.12. The highest BCUT2D eigenvalue weighted by atomic mass is 16.5. The molecule has 0 atom stereocenters. The second kappa shape index (κ2) is 11.2. The minimum absolute atomic E-state index is 0.506. The van der Waals surface area contributed by atoms with E-state index >= 15 is 0 Å². The zero-order chi connectivity index (χ0) is 22.9. The number of aliphatic imine (C=N–C) groups is 1. The number of pyridine rings is 1. The maximum Gasteiger partial charge on any atom is 0.224 e. The van der Waals surface area contributed by atoms with Gasteiger partial charge < -0.3 is 20.1 Å². The molecule has 32 heavy (non-hydrogen) atoms. The van der Waals surface area contributed by atoms with Crippen LogP contribution in [0.25, 0.3) is 0 Å². The van der Waals surface area contributed by atoms with Crippen molar-refractivity contribution in [3.8, 4) is 17.4 Å². The summed E-state index contributed by atoms with van der Waals surface area (Å²) >= 11 is 0. The van der Waals surface area contributed by atoms with E-state index in [4.69, 9.17) is 9.47 Å². The summed E-state index contributed by atoms with van der Waals surface area (Å²) < 4.78 is 13.8. The van der Waals surface area contributed by atoms with Crippen molar-refractivity contribution in [3.05, 3.63) is 65.1 Å². The van der Waals surface area contributed by atoms with Crippen LogP contribution in [-0.2, 0) is 20.1 Å². The van der Waals surface area contributed by atoms with Crippen molar-refractivity contribution in [2.45, 2.75) is 40.3 Å². The Morgan fingerprint density at radius 1 is 1.06 bits per heavy atom. The van der Waals surface area contributed by atoms with Gasteiger partial charge in [0, 0.05) is 50.2 Å². The number of nitrogens with one attached hydrogen (secondary N) is 2. The van der Waals surface area contributed by atoms with Crippen molar-refractivity contribution < 1.29 is 9.47 Å². The molecule has 0 bridgehead atoms. The number of hydrogen-bond acceptors (Lipinski definition) is 5. The number of nitrogens with zero attached hydrogens (tertiary/aromatic N) is 4. The molecular weight excluding hydrogens is 404 g/mol. The van der Waals surface area contributed by atoms with Crippen molar-refractivity contribution >= 4 is 5.96 Å². The largest absolute Gasteiger partial charge is 0.490 e. The summed E-state index contributed by atoms with van der Waals surface area (Å²) in [6, 6.07) is 11.5. The van der Waals surface area contributed by atoms with Gasteiger partial charge in [-0.05, 0) is 38.5 Å². The van der Waals surface area contributed by atoms with E-state index in [1.54, 1.807) is 13.2 Å². The molecule has 1 aromatic carbocycles. The van der Waals surface area contributed by atoms with Crippen molar-refractivity contribution in [1.29, 1.82) is 0 Å². The highest BCUT2D eigenvalue weighted by Gasteiger charge is 2.12. The van der Waals surface area contributed by atoms with Crippen LogP contribution in [0.5, 0.6) is 17.4 Å². The first-order valence-corrected chi connectivity index (χ1v) is 10.8. The lowest BCUT2D eigenvalue weighted by molar-refractivity contribution is 0.300. The first-order valence-electron chi connectivity index (χ1n) is 10.8. The van der Waals surface area contributed by atoms with Crippen molar-refractivity contribution in [2.75, 3.05) is 13.7 Å². The second-order valence-corrected chi connectivity index (χ2v) is 7.42. The molecule has 0 unspecified atom stereocenters. The molecule has 2 N–H and O–H groups in total. The van der Waals surface area contributed by atoms with Crippen LogP contribution in [0.2, 0.25) is 0 Å². The molecule has 170 valence electrons. The third-order valence-corrected chi connectivity index (χ3v) is 5.13. The average molecular weight is 437 g/mol. The Kier molecular flexibility index (Phi) is 8.08. The van der Waals surface area contributed by atoms with Crippen LogP contribution >= 0.6 is 0 Å². The molecule has 0 saturated carbocycles. The first kappa shape index (κ1) is 23.1. The van der Waals surface area contributed by atoms with Crippen LogP contribution < -0.4 is 20.1 Å². The predicted octanol–water partition coefficient (Wildman–Crippen LogP) is 3.88. The van der Waals surface area contributed by atoms with Gasteiger partial charge in [0.15, 0.2) is 17.5 Å². The molecule has 2 aromatic heterocycles. The summed E-state index contributed by atoms with van der Waals surface area (Å²) in [5.41, 5.74) is 4.23. The summed E-state index contributed by atoms with van der Waals surface area (Å²) in [5.74, 6) is 2.57. The highest BCUT2D eigenvalue weighted by Crippen LogP contribution is 2.31. The van der Waals surface area contributed by atoms with Crippen molar-refractivity contribution in [1.82, 2.24) is 25.4 Å². The van der Waals surface area contributed by atoms with E-state index in [2.05, 4.69) is 39.6 Å². The van der Waals surface area contributed by atoms with E-state index in [0.717, 1.165) is 23.4 Å². The van der Waals surface area contributed by atoms with E-state index in [1.807, 2.05) is 55.1 Å². The maximum atomic E-state index is 6.12. The van der Waals surface area contributed by atoms with Crippen LogP contribution in [0.15, 0.2) is 47.6 Å². The van der Waals surface area contributed by atoms with Gasteiger partial charge in [-0.2, -0.15) is 5.10 Å². The fourth-order valence-corrected chi connectivity index (χ4v) is 3.27. The van der Waals surface area contributed by atoms with Crippen molar-refractivity contribution in [2.24, 2.45) is 12.0 Å². The Bertz CT molecular complexity index is 1060. The molecule has 0 aliphatic rings. The van der Waals surface area contributed by atoms with Gasteiger partial charge in [0.05, 0.1) is 12.3 Å². The lowest BCUT2D eigenvalue weighted by Crippen LogP contribution is -2.36. The lowest BCUT2D eigenvalue weighted by Gasteiger charge is -2.15. The molecule has 0 amide bonds.